The first-order chi connectivity index (χ1) is 14.8. The van der Waals surface area contributed by atoms with E-state index in [0.717, 1.165) is 23.3 Å². The highest BCUT2D eigenvalue weighted by Gasteiger charge is 2.17. The van der Waals surface area contributed by atoms with E-state index in [-0.39, 0.29) is 5.69 Å². The number of hydrogen-bond acceptors (Lipinski definition) is 5. The normalized spacial score (nSPS) is 10.4. The molecule has 0 unspecified atom stereocenters. The Labute approximate surface area is 180 Å². The number of anilines is 1. The molecule has 0 radical (unpaired) electrons. The largest absolute Gasteiger partial charge is 0.451 e. The van der Waals surface area contributed by atoms with Gasteiger partial charge in [-0.3, -0.25) is 9.59 Å². The van der Waals surface area contributed by atoms with E-state index in [1.807, 2.05) is 31.2 Å². The maximum atomic E-state index is 13.1. The number of rotatable bonds is 7. The quantitative estimate of drug-likeness (QED) is 0.541. The number of nitrogens with one attached hydrogen (secondary N) is 2. The van der Waals surface area contributed by atoms with Gasteiger partial charge in [0.1, 0.15) is 4.88 Å². The van der Waals surface area contributed by atoms with E-state index < -0.39 is 42.6 Å². The van der Waals surface area contributed by atoms with Crippen LogP contribution in [0, 0.1) is 18.6 Å². The van der Waals surface area contributed by atoms with E-state index in [9.17, 15) is 23.2 Å². The number of aryl methyl sites for hydroxylation is 1. The molecule has 0 aliphatic carbocycles. The molecule has 9 heteroatoms. The highest BCUT2D eigenvalue weighted by atomic mass is 32.1. The Kier molecular flexibility index (Phi) is 7.09. The monoisotopic (exact) mass is 444 g/mol. The lowest BCUT2D eigenvalue weighted by atomic mass is 10.1. The van der Waals surface area contributed by atoms with Crippen molar-refractivity contribution in [2.75, 3.05) is 18.5 Å². The van der Waals surface area contributed by atoms with Gasteiger partial charge in [0, 0.05) is 17.3 Å². The van der Waals surface area contributed by atoms with Crippen LogP contribution >= 0.6 is 11.3 Å². The van der Waals surface area contributed by atoms with Gasteiger partial charge in [-0.15, -0.1) is 11.3 Å². The van der Waals surface area contributed by atoms with Crippen LogP contribution in [0.5, 0.6) is 0 Å². The minimum atomic E-state index is -1.10. The van der Waals surface area contributed by atoms with Gasteiger partial charge in [-0.05, 0) is 36.1 Å². The van der Waals surface area contributed by atoms with Crippen LogP contribution in [-0.2, 0) is 14.3 Å². The Balaban J connectivity index is 1.48. The zero-order valence-electron chi connectivity index (χ0n) is 16.4. The van der Waals surface area contributed by atoms with Crippen molar-refractivity contribution in [3.05, 3.63) is 76.0 Å². The SMILES string of the molecule is Cc1ccc(-c2ccsc2C(=O)OCC(=O)NCC(=O)Nc2ccc(F)c(F)c2)cc1. The number of ether oxygens (including phenoxy) is 1. The first-order valence-corrected chi connectivity index (χ1v) is 10.0. The third-order valence-corrected chi connectivity index (χ3v) is 5.09. The molecule has 2 amide bonds. The van der Waals surface area contributed by atoms with Gasteiger partial charge in [0.05, 0.1) is 6.54 Å². The fourth-order valence-electron chi connectivity index (χ4n) is 2.63. The number of halogens is 2. The van der Waals surface area contributed by atoms with Crippen LogP contribution in [0.15, 0.2) is 53.9 Å². The van der Waals surface area contributed by atoms with Gasteiger partial charge in [0.15, 0.2) is 18.2 Å². The third kappa shape index (κ3) is 5.95. The van der Waals surface area contributed by atoms with Gasteiger partial charge in [0.25, 0.3) is 5.91 Å². The molecule has 3 aromatic rings. The third-order valence-electron chi connectivity index (χ3n) is 4.20. The van der Waals surface area contributed by atoms with Gasteiger partial charge in [-0.1, -0.05) is 29.8 Å². The van der Waals surface area contributed by atoms with Crippen molar-refractivity contribution in [2.24, 2.45) is 0 Å². The highest BCUT2D eigenvalue weighted by Crippen LogP contribution is 2.29. The fraction of sp³-hybridized carbons (Fsp3) is 0.136. The lowest BCUT2D eigenvalue weighted by molar-refractivity contribution is -0.126. The van der Waals surface area contributed by atoms with E-state index in [1.54, 1.807) is 11.4 Å². The topological polar surface area (TPSA) is 84.5 Å². The van der Waals surface area contributed by atoms with E-state index in [0.29, 0.717) is 10.4 Å². The molecule has 2 aromatic carbocycles. The van der Waals surface area contributed by atoms with Crippen molar-refractivity contribution < 1.29 is 27.9 Å². The molecule has 0 aliphatic heterocycles. The average Bonchev–Trinajstić information content (AvgIpc) is 3.23. The van der Waals surface area contributed by atoms with Crippen LogP contribution in [0.1, 0.15) is 15.2 Å². The number of carbonyl (C=O) groups is 3. The molecule has 0 saturated carbocycles. The molecule has 1 heterocycles. The standard InChI is InChI=1S/C22H18F2N2O4S/c1-13-2-4-14(5-3-13)16-8-9-31-21(16)22(29)30-12-20(28)25-11-19(27)26-15-6-7-17(23)18(24)10-15/h2-10H,11-12H2,1H3,(H,25,28)(H,26,27). The summed E-state index contributed by atoms with van der Waals surface area (Å²) >= 11 is 1.20. The molecule has 0 spiro atoms. The summed E-state index contributed by atoms with van der Waals surface area (Å²) in [6.07, 6.45) is 0. The second kappa shape index (κ2) is 9.94. The van der Waals surface area contributed by atoms with Crippen LogP contribution in [0.4, 0.5) is 14.5 Å². The predicted octanol–water partition coefficient (Wildman–Crippen LogP) is 3.91. The van der Waals surface area contributed by atoms with Gasteiger partial charge in [-0.25, -0.2) is 13.6 Å². The fourth-order valence-corrected chi connectivity index (χ4v) is 3.44. The van der Waals surface area contributed by atoms with Crippen molar-refractivity contribution in [1.82, 2.24) is 5.32 Å². The summed E-state index contributed by atoms with van der Waals surface area (Å²) in [5.41, 5.74) is 2.71. The summed E-state index contributed by atoms with van der Waals surface area (Å²) in [6.45, 7) is 0.967. The van der Waals surface area contributed by atoms with Gasteiger partial charge < -0.3 is 15.4 Å². The molecule has 0 aliphatic rings. The van der Waals surface area contributed by atoms with Crippen molar-refractivity contribution in [3.63, 3.8) is 0 Å². The molecule has 31 heavy (non-hydrogen) atoms. The smallest absolute Gasteiger partial charge is 0.349 e. The molecule has 3 rings (SSSR count). The molecule has 6 nitrogen and oxygen atoms in total. The van der Waals surface area contributed by atoms with Crippen LogP contribution in [0.25, 0.3) is 11.1 Å². The van der Waals surface area contributed by atoms with E-state index in [2.05, 4.69) is 10.6 Å². The lowest BCUT2D eigenvalue weighted by Crippen LogP contribution is -2.35. The maximum absolute atomic E-state index is 13.1. The molecular weight excluding hydrogens is 426 g/mol. The minimum absolute atomic E-state index is 0.0471. The zero-order chi connectivity index (χ0) is 22.4. The summed E-state index contributed by atoms with van der Waals surface area (Å²) in [7, 11) is 0. The summed E-state index contributed by atoms with van der Waals surface area (Å²) in [5, 5.41) is 6.36. The second-order valence-electron chi connectivity index (χ2n) is 6.56. The minimum Gasteiger partial charge on any atom is -0.451 e. The van der Waals surface area contributed by atoms with E-state index in [1.165, 1.54) is 17.4 Å². The molecule has 0 saturated heterocycles. The van der Waals surface area contributed by atoms with Crippen molar-refractivity contribution >= 4 is 34.8 Å². The summed E-state index contributed by atoms with van der Waals surface area (Å²) in [5.74, 6) is -4.11. The molecule has 2 N–H and O–H groups in total. The summed E-state index contributed by atoms with van der Waals surface area (Å²) in [6, 6.07) is 12.3. The number of benzene rings is 2. The van der Waals surface area contributed by atoms with Crippen molar-refractivity contribution in [1.29, 1.82) is 0 Å². The van der Waals surface area contributed by atoms with Crippen LogP contribution in [0.3, 0.4) is 0 Å². The van der Waals surface area contributed by atoms with Gasteiger partial charge >= 0.3 is 5.97 Å². The first-order valence-electron chi connectivity index (χ1n) is 9.17. The number of hydrogen-bond donors (Lipinski definition) is 2. The predicted molar refractivity (Wildman–Crippen MR) is 113 cm³/mol. The van der Waals surface area contributed by atoms with E-state index in [4.69, 9.17) is 4.74 Å². The first kappa shape index (κ1) is 22.1. The average molecular weight is 444 g/mol. The maximum Gasteiger partial charge on any atom is 0.349 e. The molecule has 0 fully saturated rings. The molecule has 0 bridgehead atoms. The van der Waals surface area contributed by atoms with Crippen molar-refractivity contribution in [2.45, 2.75) is 6.92 Å². The van der Waals surface area contributed by atoms with Crippen LogP contribution in [0.2, 0.25) is 0 Å². The van der Waals surface area contributed by atoms with E-state index >= 15 is 0 Å². The Bertz CT molecular complexity index is 1110. The Morgan fingerprint density at radius 1 is 0.968 bits per heavy atom. The number of thiophene rings is 1. The number of esters is 1. The summed E-state index contributed by atoms with van der Waals surface area (Å²) in [4.78, 5) is 36.4. The Hall–Kier alpha value is -3.59. The molecular formula is C22H18F2N2O4S. The number of amides is 2. The number of carbonyl (C=O) groups excluding carboxylic acids is 3. The molecule has 1 aromatic heterocycles. The van der Waals surface area contributed by atoms with Crippen LogP contribution < -0.4 is 10.6 Å². The highest BCUT2D eigenvalue weighted by molar-refractivity contribution is 7.12. The van der Waals surface area contributed by atoms with Gasteiger partial charge in [0.2, 0.25) is 5.91 Å². The second-order valence-corrected chi connectivity index (χ2v) is 7.48. The molecule has 160 valence electrons. The van der Waals surface area contributed by atoms with Crippen molar-refractivity contribution in [3.8, 4) is 11.1 Å². The Morgan fingerprint density at radius 3 is 2.42 bits per heavy atom. The summed E-state index contributed by atoms with van der Waals surface area (Å²) < 4.78 is 31.1. The Morgan fingerprint density at radius 2 is 1.71 bits per heavy atom. The zero-order valence-corrected chi connectivity index (χ0v) is 17.2. The lowest BCUT2D eigenvalue weighted by Gasteiger charge is -2.08. The molecule has 0 atom stereocenters. The van der Waals surface area contributed by atoms with Gasteiger partial charge in [-0.2, -0.15) is 0 Å². The van der Waals surface area contributed by atoms with Crippen LogP contribution in [-0.4, -0.2) is 30.9 Å².